The molecule has 3 rings (SSSR count). The fourth-order valence-electron chi connectivity index (χ4n) is 2.61. The Hall–Kier alpha value is -2.68. The van der Waals surface area contributed by atoms with Crippen LogP contribution in [0.2, 0.25) is 0 Å². The summed E-state index contributed by atoms with van der Waals surface area (Å²) in [7, 11) is 1.72. The zero-order valence-electron chi connectivity index (χ0n) is 14.4. The molecule has 0 radical (unpaired) electrons. The van der Waals surface area contributed by atoms with Gasteiger partial charge in [-0.1, -0.05) is 30.3 Å². The van der Waals surface area contributed by atoms with Gasteiger partial charge in [0.25, 0.3) is 0 Å². The fraction of sp³-hybridized carbons (Fsp3) is 0.353. The van der Waals surface area contributed by atoms with Crippen LogP contribution in [-0.4, -0.2) is 38.5 Å². The number of halogens is 3. The largest absolute Gasteiger partial charge is 0.405 e. The van der Waals surface area contributed by atoms with Crippen molar-refractivity contribution in [2.45, 2.75) is 25.7 Å². The lowest BCUT2D eigenvalue weighted by Crippen LogP contribution is -2.46. The lowest BCUT2D eigenvalue weighted by Gasteiger charge is -2.22. The summed E-state index contributed by atoms with van der Waals surface area (Å²) in [5, 5.41) is 10.0. The number of hydrogen-bond acceptors (Lipinski definition) is 5. The molecule has 2 heterocycles. The van der Waals surface area contributed by atoms with Gasteiger partial charge >= 0.3 is 6.18 Å². The normalized spacial score (nSPS) is 13.1. The van der Waals surface area contributed by atoms with Crippen molar-refractivity contribution in [2.75, 3.05) is 11.9 Å². The second kappa shape index (κ2) is 7.28. The zero-order chi connectivity index (χ0) is 18.7. The van der Waals surface area contributed by atoms with E-state index in [0.717, 1.165) is 5.56 Å². The molecule has 3 aromatic rings. The van der Waals surface area contributed by atoms with E-state index in [9.17, 15) is 13.2 Å². The van der Waals surface area contributed by atoms with Crippen LogP contribution in [0.25, 0.3) is 11.0 Å². The van der Waals surface area contributed by atoms with Gasteiger partial charge < -0.3 is 10.6 Å². The van der Waals surface area contributed by atoms with E-state index in [2.05, 4.69) is 25.7 Å². The highest BCUT2D eigenvalue weighted by Gasteiger charge is 2.39. The molecular weight excluding hydrogens is 345 g/mol. The van der Waals surface area contributed by atoms with Gasteiger partial charge in [0, 0.05) is 20.1 Å². The molecular formula is C17H19F3N6. The first-order valence-corrected chi connectivity index (χ1v) is 8.09. The van der Waals surface area contributed by atoms with Crippen LogP contribution in [0.1, 0.15) is 11.4 Å². The zero-order valence-corrected chi connectivity index (χ0v) is 14.4. The molecule has 2 aromatic heterocycles. The van der Waals surface area contributed by atoms with Crippen LogP contribution in [0, 0.1) is 6.92 Å². The monoisotopic (exact) mass is 364 g/mol. The summed E-state index contributed by atoms with van der Waals surface area (Å²) < 4.78 is 41.7. The summed E-state index contributed by atoms with van der Waals surface area (Å²) >= 11 is 0. The first kappa shape index (κ1) is 18.1. The minimum atomic E-state index is -4.39. The predicted molar refractivity (Wildman–Crippen MR) is 92.7 cm³/mol. The van der Waals surface area contributed by atoms with Gasteiger partial charge in [0.2, 0.25) is 0 Å². The Morgan fingerprint density at radius 2 is 1.88 bits per heavy atom. The second-order valence-corrected chi connectivity index (χ2v) is 5.97. The quantitative estimate of drug-likeness (QED) is 0.704. The molecule has 26 heavy (non-hydrogen) atoms. The number of hydrogen-bond donors (Lipinski definition) is 2. The molecule has 2 N–H and O–H groups in total. The third-order valence-corrected chi connectivity index (χ3v) is 3.97. The van der Waals surface area contributed by atoms with Crippen molar-refractivity contribution in [3.8, 4) is 0 Å². The summed E-state index contributed by atoms with van der Waals surface area (Å²) in [4.78, 5) is 8.48. The van der Waals surface area contributed by atoms with E-state index < -0.39 is 12.2 Å². The van der Waals surface area contributed by atoms with Crippen LogP contribution in [0.5, 0.6) is 0 Å². The molecule has 0 amide bonds. The Labute approximate surface area is 148 Å². The highest BCUT2D eigenvalue weighted by molar-refractivity contribution is 5.86. The molecule has 1 unspecified atom stereocenters. The number of anilines is 1. The molecule has 0 aliphatic rings. The average Bonchev–Trinajstić information content (AvgIpc) is 2.95. The van der Waals surface area contributed by atoms with E-state index in [1.54, 1.807) is 42.9 Å². The van der Waals surface area contributed by atoms with Gasteiger partial charge in [-0.15, -0.1) is 0 Å². The van der Waals surface area contributed by atoms with E-state index >= 15 is 0 Å². The Balaban J connectivity index is 1.74. The van der Waals surface area contributed by atoms with Gasteiger partial charge in [-0.2, -0.15) is 18.3 Å². The molecule has 1 aromatic carbocycles. The summed E-state index contributed by atoms with van der Waals surface area (Å²) in [6.45, 7) is 1.46. The van der Waals surface area contributed by atoms with E-state index in [-0.39, 0.29) is 13.1 Å². The van der Waals surface area contributed by atoms with Crippen molar-refractivity contribution in [3.05, 3.63) is 47.9 Å². The Morgan fingerprint density at radius 3 is 2.58 bits per heavy atom. The van der Waals surface area contributed by atoms with E-state index in [0.29, 0.717) is 22.7 Å². The maximum absolute atomic E-state index is 13.4. The Kier molecular flexibility index (Phi) is 5.08. The van der Waals surface area contributed by atoms with Gasteiger partial charge in [0.1, 0.15) is 17.7 Å². The third-order valence-electron chi connectivity index (χ3n) is 3.97. The van der Waals surface area contributed by atoms with Crippen LogP contribution in [0.3, 0.4) is 0 Å². The number of benzene rings is 1. The van der Waals surface area contributed by atoms with Crippen LogP contribution in [-0.2, 0) is 13.6 Å². The third kappa shape index (κ3) is 4.10. The van der Waals surface area contributed by atoms with Gasteiger partial charge in [-0.05, 0) is 12.5 Å². The average molecular weight is 364 g/mol. The molecule has 0 saturated carbocycles. The van der Waals surface area contributed by atoms with Gasteiger partial charge in [0.15, 0.2) is 5.65 Å². The topological polar surface area (TPSA) is 67.7 Å². The van der Waals surface area contributed by atoms with Crippen molar-refractivity contribution in [1.82, 2.24) is 25.1 Å². The number of rotatable bonds is 6. The highest BCUT2D eigenvalue weighted by atomic mass is 19.4. The molecule has 0 spiro atoms. The van der Waals surface area contributed by atoms with Crippen molar-refractivity contribution in [3.63, 3.8) is 0 Å². The van der Waals surface area contributed by atoms with E-state index in [1.807, 2.05) is 6.07 Å². The SMILES string of the molecule is Cc1nc(NCC(NCc2ccccc2)C(F)(F)F)c2cnn(C)c2n1. The van der Waals surface area contributed by atoms with Crippen LogP contribution >= 0.6 is 0 Å². The van der Waals surface area contributed by atoms with Crippen molar-refractivity contribution < 1.29 is 13.2 Å². The Bertz CT molecular complexity index is 875. The lowest BCUT2D eigenvalue weighted by atomic mass is 10.2. The molecule has 0 fully saturated rings. The molecule has 0 bridgehead atoms. The first-order valence-electron chi connectivity index (χ1n) is 8.09. The summed E-state index contributed by atoms with van der Waals surface area (Å²) in [6.07, 6.45) is -2.85. The summed E-state index contributed by atoms with van der Waals surface area (Å²) in [5.74, 6) is 0.806. The van der Waals surface area contributed by atoms with Crippen LogP contribution in [0.15, 0.2) is 36.5 Å². The van der Waals surface area contributed by atoms with Crippen LogP contribution < -0.4 is 10.6 Å². The number of nitrogens with zero attached hydrogens (tertiary/aromatic N) is 4. The van der Waals surface area contributed by atoms with Crippen molar-refractivity contribution in [1.29, 1.82) is 0 Å². The molecule has 0 saturated heterocycles. The standard InChI is InChI=1S/C17H19F3N6/c1-11-24-15(13-9-23-26(2)16(13)25-11)22-10-14(17(18,19)20)21-8-12-6-4-3-5-7-12/h3-7,9,14,21H,8,10H2,1-2H3,(H,22,24,25). The van der Waals surface area contributed by atoms with Gasteiger partial charge in [-0.25, -0.2) is 9.97 Å². The summed E-state index contributed by atoms with van der Waals surface area (Å²) in [6, 6.07) is 7.25. The number of aromatic nitrogens is 4. The number of alkyl halides is 3. The van der Waals surface area contributed by atoms with Gasteiger partial charge in [-0.3, -0.25) is 4.68 Å². The molecule has 0 aliphatic carbocycles. The molecule has 138 valence electrons. The van der Waals surface area contributed by atoms with Gasteiger partial charge in [0.05, 0.1) is 11.6 Å². The Morgan fingerprint density at radius 1 is 1.15 bits per heavy atom. The molecule has 1 atom stereocenters. The molecule has 6 nitrogen and oxygen atoms in total. The smallest absolute Gasteiger partial charge is 0.367 e. The molecule has 9 heteroatoms. The van der Waals surface area contributed by atoms with E-state index in [1.165, 1.54) is 6.20 Å². The maximum atomic E-state index is 13.4. The van der Waals surface area contributed by atoms with Crippen molar-refractivity contribution in [2.24, 2.45) is 7.05 Å². The first-order chi connectivity index (χ1) is 12.3. The van der Waals surface area contributed by atoms with Crippen LogP contribution in [0.4, 0.5) is 19.0 Å². The number of aryl methyl sites for hydroxylation is 2. The summed E-state index contributed by atoms with van der Waals surface area (Å²) in [5.41, 5.74) is 1.36. The van der Waals surface area contributed by atoms with E-state index in [4.69, 9.17) is 0 Å². The fourth-order valence-corrected chi connectivity index (χ4v) is 2.61. The highest BCUT2D eigenvalue weighted by Crippen LogP contribution is 2.23. The second-order valence-electron chi connectivity index (χ2n) is 5.97. The minimum absolute atomic E-state index is 0.123. The van der Waals surface area contributed by atoms with Crippen molar-refractivity contribution >= 4 is 16.9 Å². The lowest BCUT2D eigenvalue weighted by molar-refractivity contribution is -0.152. The molecule has 0 aliphatic heterocycles. The minimum Gasteiger partial charge on any atom is -0.367 e. The maximum Gasteiger partial charge on any atom is 0.405 e. The number of fused-ring (bicyclic) bond motifs is 1. The number of nitrogens with one attached hydrogen (secondary N) is 2. The predicted octanol–water partition coefficient (Wildman–Crippen LogP) is 2.80.